The van der Waals surface area contributed by atoms with Crippen LogP contribution in [0.5, 0.6) is 0 Å². The molecule has 0 radical (unpaired) electrons. The smallest absolute Gasteiger partial charge is 0.410 e. The average molecular weight is 393 g/mol. The van der Waals surface area contributed by atoms with Gasteiger partial charge in [-0.15, -0.1) is 0 Å². The lowest BCUT2D eigenvalue weighted by atomic mass is 9.72. The van der Waals surface area contributed by atoms with Gasteiger partial charge in [0.15, 0.2) is 0 Å². The number of carbonyl (C=O) groups is 1. The number of hydrogen-bond acceptors (Lipinski definition) is 4. The summed E-state index contributed by atoms with van der Waals surface area (Å²) < 4.78 is 6.43. The van der Waals surface area contributed by atoms with Gasteiger partial charge in [-0.25, -0.2) is 9.59 Å². The summed E-state index contributed by atoms with van der Waals surface area (Å²) in [5.74, 6) is 2.08. The lowest BCUT2D eigenvalue weighted by molar-refractivity contribution is 0.0181. The molecule has 0 atom stereocenters. The predicted octanol–water partition coefficient (Wildman–Crippen LogP) is 3.86. The largest absolute Gasteiger partial charge is 0.444 e. The van der Waals surface area contributed by atoms with Crippen molar-refractivity contribution in [1.82, 2.24) is 4.90 Å². The van der Waals surface area contributed by atoms with E-state index in [2.05, 4.69) is 33.3 Å². The van der Waals surface area contributed by atoms with Crippen molar-refractivity contribution in [3.8, 4) is 0 Å². The topological polar surface area (TPSA) is 58.6 Å². The average Bonchev–Trinajstić information content (AvgIpc) is 2.80. The molecule has 2 heterocycles. The summed E-state index contributed by atoms with van der Waals surface area (Å²) in [7, 11) is 0. The highest BCUT2D eigenvalue weighted by Gasteiger charge is 2.47. The number of nitrogens with zero attached hydrogens (tertiary/aromatic N) is 1. The molecule has 1 N–H and O–H groups in total. The van der Waals surface area contributed by atoms with Crippen LogP contribution in [0.3, 0.4) is 0 Å². The Hall–Kier alpha value is -1.78. The number of benzene rings is 1. The molecule has 128 valence electrons. The summed E-state index contributed by atoms with van der Waals surface area (Å²) in [4.78, 5) is 25.5. The van der Waals surface area contributed by atoms with Gasteiger partial charge in [0.1, 0.15) is 17.2 Å². The first kappa shape index (κ1) is 17.1. The number of allylic oxidation sites excluding steroid dienone is 1. The molecule has 0 bridgehead atoms. The standard InChI is InChI=1S/C18H21BrN2O3/c1-17(2,3)24-16(23)21-8-6-18(7-9-21)13-10-12(19)4-5-14(13)20-15(18)11-22/h4-5,10,20H,6-9H2,1-3H3. The molecule has 1 amide bonds. The maximum Gasteiger partial charge on any atom is 0.410 e. The van der Waals surface area contributed by atoms with Gasteiger partial charge in [0.05, 0.1) is 5.41 Å². The minimum atomic E-state index is -0.507. The van der Waals surface area contributed by atoms with Gasteiger partial charge in [-0.1, -0.05) is 15.9 Å². The quantitative estimate of drug-likeness (QED) is 0.681. The Balaban J connectivity index is 1.83. The van der Waals surface area contributed by atoms with E-state index in [9.17, 15) is 9.59 Å². The molecule has 1 spiro atoms. The van der Waals surface area contributed by atoms with Gasteiger partial charge in [-0.3, -0.25) is 0 Å². The number of fused-ring (bicyclic) bond motifs is 2. The van der Waals surface area contributed by atoms with Crippen molar-refractivity contribution in [3.63, 3.8) is 0 Å². The fourth-order valence-corrected chi connectivity index (χ4v) is 3.81. The monoisotopic (exact) mass is 392 g/mol. The van der Waals surface area contributed by atoms with Crippen LogP contribution >= 0.6 is 15.9 Å². The van der Waals surface area contributed by atoms with E-state index in [1.165, 1.54) is 0 Å². The first-order valence-electron chi connectivity index (χ1n) is 8.06. The minimum absolute atomic E-state index is 0.297. The van der Waals surface area contributed by atoms with Crippen molar-refractivity contribution < 1.29 is 14.3 Å². The number of ether oxygens (including phenoxy) is 1. The molecule has 1 saturated heterocycles. The van der Waals surface area contributed by atoms with Crippen molar-refractivity contribution in [1.29, 1.82) is 0 Å². The molecule has 6 heteroatoms. The van der Waals surface area contributed by atoms with Crippen LogP contribution in [0.4, 0.5) is 10.5 Å². The van der Waals surface area contributed by atoms with Crippen LogP contribution in [0, 0.1) is 0 Å². The Kier molecular flexibility index (Phi) is 4.22. The van der Waals surface area contributed by atoms with Crippen LogP contribution in [0.15, 0.2) is 28.4 Å². The van der Waals surface area contributed by atoms with Gasteiger partial charge in [0.2, 0.25) is 0 Å². The van der Waals surface area contributed by atoms with Crippen LogP contribution in [0.1, 0.15) is 39.2 Å². The number of likely N-dealkylation sites (tertiary alicyclic amines) is 1. The number of carbonyl (C=O) groups excluding carboxylic acids is 2. The maximum atomic E-state index is 12.3. The molecule has 5 nitrogen and oxygen atoms in total. The van der Waals surface area contributed by atoms with Crippen LogP contribution in [0.2, 0.25) is 0 Å². The molecule has 1 aromatic rings. The Morgan fingerprint density at radius 2 is 2.00 bits per heavy atom. The molecule has 1 fully saturated rings. The molecule has 0 saturated carbocycles. The third kappa shape index (κ3) is 2.96. The SMILES string of the molecule is CC(C)(C)OC(=O)N1CCC2(CC1)C(=C=O)Nc1ccc(Br)cc12. The maximum absolute atomic E-state index is 12.3. The summed E-state index contributed by atoms with van der Waals surface area (Å²) in [6.07, 6.45) is 1.05. The van der Waals surface area contributed by atoms with Crippen molar-refractivity contribution in [2.75, 3.05) is 18.4 Å². The first-order chi connectivity index (χ1) is 11.2. The van der Waals surface area contributed by atoms with Gasteiger partial charge in [-0.2, -0.15) is 0 Å². The third-order valence-electron chi connectivity index (χ3n) is 4.61. The van der Waals surface area contributed by atoms with Crippen molar-refractivity contribution in [3.05, 3.63) is 33.9 Å². The number of rotatable bonds is 0. The van der Waals surface area contributed by atoms with E-state index < -0.39 is 5.60 Å². The van der Waals surface area contributed by atoms with Crippen LogP contribution in [-0.4, -0.2) is 35.6 Å². The van der Waals surface area contributed by atoms with Crippen molar-refractivity contribution in [2.45, 2.75) is 44.6 Å². The number of anilines is 1. The number of nitrogens with one attached hydrogen (secondary N) is 1. The molecule has 0 aliphatic carbocycles. The van der Waals surface area contributed by atoms with Gasteiger partial charge >= 0.3 is 6.09 Å². The zero-order chi connectivity index (χ0) is 17.5. The van der Waals surface area contributed by atoms with E-state index in [4.69, 9.17) is 4.74 Å². The zero-order valence-electron chi connectivity index (χ0n) is 14.1. The highest BCUT2D eigenvalue weighted by atomic mass is 79.9. The van der Waals surface area contributed by atoms with E-state index in [0.717, 1.165) is 15.7 Å². The molecular formula is C18H21BrN2O3. The van der Waals surface area contributed by atoms with E-state index in [1.54, 1.807) is 4.90 Å². The normalized spacial score (nSPS) is 18.8. The van der Waals surface area contributed by atoms with Crippen molar-refractivity contribution >= 4 is 33.7 Å². The predicted molar refractivity (Wildman–Crippen MR) is 95.7 cm³/mol. The summed E-state index contributed by atoms with van der Waals surface area (Å²) >= 11 is 3.50. The second-order valence-electron chi connectivity index (χ2n) is 7.34. The number of hydrogen-bond donors (Lipinski definition) is 1. The second kappa shape index (κ2) is 5.94. The van der Waals surface area contributed by atoms with Crippen LogP contribution in [0.25, 0.3) is 0 Å². The Morgan fingerprint density at radius 1 is 1.33 bits per heavy atom. The summed E-state index contributed by atoms with van der Waals surface area (Å²) in [5, 5.41) is 3.19. The van der Waals surface area contributed by atoms with Gasteiger partial charge < -0.3 is 15.0 Å². The first-order valence-corrected chi connectivity index (χ1v) is 8.85. The molecule has 2 aliphatic heterocycles. The highest BCUT2D eigenvalue weighted by Crippen LogP contribution is 2.49. The van der Waals surface area contributed by atoms with Crippen LogP contribution in [-0.2, 0) is 14.9 Å². The van der Waals surface area contributed by atoms with E-state index in [0.29, 0.717) is 31.6 Å². The molecule has 1 aromatic carbocycles. The molecular weight excluding hydrogens is 372 g/mol. The Morgan fingerprint density at radius 3 is 2.58 bits per heavy atom. The zero-order valence-corrected chi connectivity index (χ0v) is 15.7. The number of halogens is 1. The van der Waals surface area contributed by atoms with Gasteiger partial charge in [0, 0.05) is 23.2 Å². The fourth-order valence-electron chi connectivity index (χ4n) is 3.45. The Bertz CT molecular complexity index is 724. The lowest BCUT2D eigenvalue weighted by Crippen LogP contribution is -2.47. The highest BCUT2D eigenvalue weighted by molar-refractivity contribution is 9.10. The Labute approximate surface area is 150 Å². The molecule has 2 aliphatic rings. The molecule has 24 heavy (non-hydrogen) atoms. The summed E-state index contributed by atoms with van der Waals surface area (Å²) in [6.45, 7) is 6.68. The summed E-state index contributed by atoms with van der Waals surface area (Å²) in [6, 6.07) is 5.96. The van der Waals surface area contributed by atoms with Gasteiger partial charge in [0.25, 0.3) is 0 Å². The second-order valence-corrected chi connectivity index (χ2v) is 8.26. The van der Waals surface area contributed by atoms with Gasteiger partial charge in [-0.05, 0) is 57.4 Å². The number of amides is 1. The van der Waals surface area contributed by atoms with E-state index >= 15 is 0 Å². The van der Waals surface area contributed by atoms with Crippen molar-refractivity contribution in [2.24, 2.45) is 0 Å². The lowest BCUT2D eigenvalue weighted by Gasteiger charge is -2.39. The van der Waals surface area contributed by atoms with E-state index in [1.807, 2.05) is 32.9 Å². The summed E-state index contributed by atoms with van der Waals surface area (Å²) in [5.41, 5.74) is 1.71. The number of piperidine rings is 1. The molecule has 0 unspecified atom stereocenters. The minimum Gasteiger partial charge on any atom is -0.444 e. The fraction of sp³-hybridized carbons (Fsp3) is 0.500. The molecule has 0 aromatic heterocycles. The third-order valence-corrected chi connectivity index (χ3v) is 5.10. The van der Waals surface area contributed by atoms with E-state index in [-0.39, 0.29) is 11.5 Å². The van der Waals surface area contributed by atoms with Crippen LogP contribution < -0.4 is 5.32 Å². The molecule has 3 rings (SSSR count).